The largest absolute Gasteiger partial charge is 0.218 e. The summed E-state index contributed by atoms with van der Waals surface area (Å²) in [6, 6.07) is 0. The van der Waals surface area contributed by atoms with Crippen LogP contribution in [0.5, 0.6) is 0 Å². The zero-order valence-corrected chi connectivity index (χ0v) is 13.6. The number of aryl methyl sites for hydroxylation is 3. The van der Waals surface area contributed by atoms with Crippen molar-refractivity contribution in [1.29, 1.82) is 0 Å². The van der Waals surface area contributed by atoms with E-state index in [1.54, 1.807) is 0 Å². The molecule has 0 spiro atoms. The van der Waals surface area contributed by atoms with Crippen molar-refractivity contribution in [1.82, 2.24) is 15.0 Å². The third kappa shape index (κ3) is 6.97. The summed E-state index contributed by atoms with van der Waals surface area (Å²) >= 11 is 0. The number of rotatable bonds is 11. The van der Waals surface area contributed by atoms with Gasteiger partial charge in [-0.1, -0.05) is 52.9 Å². The quantitative estimate of drug-likeness (QED) is 0.551. The fourth-order valence-corrected chi connectivity index (χ4v) is 2.26. The molecule has 3 heteroatoms. The summed E-state index contributed by atoms with van der Waals surface area (Å²) in [5, 5.41) is 0. The number of hydrogen-bond acceptors (Lipinski definition) is 3. The van der Waals surface area contributed by atoms with Gasteiger partial charge in [0.2, 0.25) is 0 Å². The standard InChI is InChI=1S/C17H31N3/c1-4-7-10-13-16-18-15(12-9-6-3)19-17(20-16)14-11-8-5-2/h4-14H2,1-3H3. The predicted octanol–water partition coefficient (Wildman–Crippen LogP) is 4.68. The molecule has 114 valence electrons. The van der Waals surface area contributed by atoms with Crippen LogP contribution >= 0.6 is 0 Å². The molecule has 0 aliphatic rings. The van der Waals surface area contributed by atoms with Crippen molar-refractivity contribution in [2.24, 2.45) is 0 Å². The molecule has 0 bridgehead atoms. The van der Waals surface area contributed by atoms with Crippen LogP contribution in [0.1, 0.15) is 89.6 Å². The van der Waals surface area contributed by atoms with Gasteiger partial charge in [0.1, 0.15) is 17.5 Å². The van der Waals surface area contributed by atoms with Crippen LogP contribution in [0.4, 0.5) is 0 Å². The highest BCUT2D eigenvalue weighted by Gasteiger charge is 2.06. The molecule has 1 rings (SSSR count). The van der Waals surface area contributed by atoms with E-state index in [2.05, 4.69) is 35.7 Å². The minimum atomic E-state index is 1.00. The van der Waals surface area contributed by atoms with E-state index in [1.807, 2.05) is 0 Å². The molecule has 0 atom stereocenters. The van der Waals surface area contributed by atoms with Crippen LogP contribution in [0.2, 0.25) is 0 Å². The zero-order chi connectivity index (χ0) is 14.6. The second kappa shape index (κ2) is 10.8. The minimum absolute atomic E-state index is 1.00. The van der Waals surface area contributed by atoms with Gasteiger partial charge in [-0.15, -0.1) is 0 Å². The Balaban J connectivity index is 2.67. The van der Waals surface area contributed by atoms with Crippen LogP contribution in [0.25, 0.3) is 0 Å². The van der Waals surface area contributed by atoms with Crippen LogP contribution < -0.4 is 0 Å². The summed E-state index contributed by atoms with van der Waals surface area (Å²) in [5.41, 5.74) is 0. The Kier molecular flexibility index (Phi) is 9.18. The second-order valence-corrected chi connectivity index (χ2v) is 5.60. The lowest BCUT2D eigenvalue weighted by Crippen LogP contribution is -2.08. The van der Waals surface area contributed by atoms with E-state index in [4.69, 9.17) is 0 Å². The van der Waals surface area contributed by atoms with Crippen LogP contribution in [0.3, 0.4) is 0 Å². The molecule has 0 saturated carbocycles. The van der Waals surface area contributed by atoms with E-state index in [1.165, 1.54) is 51.4 Å². The SMILES string of the molecule is CCCCCc1nc(CCCC)nc(CCCCC)n1. The Morgan fingerprint density at radius 1 is 0.500 bits per heavy atom. The molecule has 0 amide bonds. The normalized spacial score (nSPS) is 10.9. The van der Waals surface area contributed by atoms with Crippen molar-refractivity contribution >= 4 is 0 Å². The first-order chi connectivity index (χ1) is 9.80. The fraction of sp³-hybridized carbons (Fsp3) is 0.824. The summed E-state index contributed by atoms with van der Waals surface area (Å²) in [6.07, 6.45) is 12.8. The lowest BCUT2D eigenvalue weighted by molar-refractivity contribution is 0.638. The number of hydrogen-bond donors (Lipinski definition) is 0. The maximum Gasteiger partial charge on any atom is 0.132 e. The Morgan fingerprint density at radius 3 is 1.20 bits per heavy atom. The molecule has 0 fully saturated rings. The van der Waals surface area contributed by atoms with Gasteiger partial charge in [-0.3, -0.25) is 0 Å². The number of aromatic nitrogens is 3. The Bertz CT molecular complexity index is 335. The molecule has 0 aromatic carbocycles. The molecule has 3 nitrogen and oxygen atoms in total. The van der Waals surface area contributed by atoms with E-state index < -0.39 is 0 Å². The van der Waals surface area contributed by atoms with Gasteiger partial charge in [0, 0.05) is 19.3 Å². The van der Waals surface area contributed by atoms with Gasteiger partial charge in [0.15, 0.2) is 0 Å². The fourth-order valence-electron chi connectivity index (χ4n) is 2.26. The van der Waals surface area contributed by atoms with Gasteiger partial charge in [0.05, 0.1) is 0 Å². The molecule has 0 aliphatic heterocycles. The molecule has 20 heavy (non-hydrogen) atoms. The average molecular weight is 277 g/mol. The van der Waals surface area contributed by atoms with Crippen LogP contribution in [-0.2, 0) is 19.3 Å². The van der Waals surface area contributed by atoms with E-state index in [0.717, 1.165) is 36.7 Å². The van der Waals surface area contributed by atoms with E-state index in [0.29, 0.717) is 0 Å². The van der Waals surface area contributed by atoms with Gasteiger partial charge < -0.3 is 0 Å². The molecule has 0 aliphatic carbocycles. The molecule has 0 unspecified atom stereocenters. The molecule has 0 N–H and O–H groups in total. The smallest absolute Gasteiger partial charge is 0.132 e. The summed E-state index contributed by atoms with van der Waals surface area (Å²) < 4.78 is 0. The van der Waals surface area contributed by atoms with Crippen LogP contribution in [-0.4, -0.2) is 15.0 Å². The first-order valence-corrected chi connectivity index (χ1v) is 8.52. The molecular formula is C17H31N3. The van der Waals surface area contributed by atoms with Gasteiger partial charge in [0.25, 0.3) is 0 Å². The number of nitrogens with zero attached hydrogens (tertiary/aromatic N) is 3. The van der Waals surface area contributed by atoms with E-state index in [-0.39, 0.29) is 0 Å². The van der Waals surface area contributed by atoms with Gasteiger partial charge in [-0.05, 0) is 19.3 Å². The van der Waals surface area contributed by atoms with Crippen LogP contribution in [0, 0.1) is 0 Å². The monoisotopic (exact) mass is 277 g/mol. The predicted molar refractivity (Wildman–Crippen MR) is 84.9 cm³/mol. The minimum Gasteiger partial charge on any atom is -0.218 e. The first-order valence-electron chi connectivity index (χ1n) is 8.52. The molecule has 1 aromatic rings. The first kappa shape index (κ1) is 17.1. The molecule has 1 aromatic heterocycles. The average Bonchev–Trinajstić information content (AvgIpc) is 2.46. The van der Waals surface area contributed by atoms with Gasteiger partial charge in [-0.2, -0.15) is 0 Å². The third-order valence-electron chi connectivity index (χ3n) is 3.54. The number of unbranched alkanes of at least 4 members (excludes halogenated alkanes) is 5. The van der Waals surface area contributed by atoms with E-state index >= 15 is 0 Å². The summed E-state index contributed by atoms with van der Waals surface area (Å²) in [7, 11) is 0. The Labute approximate surface area is 124 Å². The highest BCUT2D eigenvalue weighted by atomic mass is 15.0. The summed E-state index contributed by atoms with van der Waals surface area (Å²) in [4.78, 5) is 14.0. The lowest BCUT2D eigenvalue weighted by Gasteiger charge is -2.07. The van der Waals surface area contributed by atoms with Crippen molar-refractivity contribution in [3.05, 3.63) is 17.5 Å². The molecular weight excluding hydrogens is 246 g/mol. The van der Waals surface area contributed by atoms with E-state index in [9.17, 15) is 0 Å². The molecule has 0 radical (unpaired) electrons. The van der Waals surface area contributed by atoms with Crippen molar-refractivity contribution in [3.63, 3.8) is 0 Å². The zero-order valence-electron chi connectivity index (χ0n) is 13.6. The molecule has 1 heterocycles. The Hall–Kier alpha value is -0.990. The van der Waals surface area contributed by atoms with Crippen molar-refractivity contribution in [2.75, 3.05) is 0 Å². The summed E-state index contributed by atoms with van der Waals surface area (Å²) in [6.45, 7) is 6.68. The van der Waals surface area contributed by atoms with Crippen molar-refractivity contribution < 1.29 is 0 Å². The summed E-state index contributed by atoms with van der Waals surface area (Å²) in [5.74, 6) is 3.05. The topological polar surface area (TPSA) is 38.7 Å². The highest BCUT2D eigenvalue weighted by molar-refractivity contribution is 4.98. The molecule has 0 saturated heterocycles. The van der Waals surface area contributed by atoms with Gasteiger partial charge in [-0.25, -0.2) is 15.0 Å². The maximum absolute atomic E-state index is 4.66. The maximum atomic E-state index is 4.66. The van der Waals surface area contributed by atoms with Crippen LogP contribution in [0.15, 0.2) is 0 Å². The van der Waals surface area contributed by atoms with Crippen molar-refractivity contribution in [3.8, 4) is 0 Å². The third-order valence-corrected chi connectivity index (χ3v) is 3.54. The second-order valence-electron chi connectivity index (χ2n) is 5.60. The van der Waals surface area contributed by atoms with Crippen molar-refractivity contribution in [2.45, 2.75) is 91.4 Å². The van der Waals surface area contributed by atoms with Gasteiger partial charge >= 0.3 is 0 Å². The Morgan fingerprint density at radius 2 is 0.850 bits per heavy atom. The lowest BCUT2D eigenvalue weighted by atomic mass is 10.1. The highest BCUT2D eigenvalue weighted by Crippen LogP contribution is 2.08.